The van der Waals surface area contributed by atoms with E-state index < -0.39 is 0 Å². The molecule has 0 radical (unpaired) electrons. The quantitative estimate of drug-likeness (QED) is 0.808. The normalized spacial score (nSPS) is 16.6. The van der Waals surface area contributed by atoms with Crippen LogP contribution in [0.1, 0.15) is 23.7 Å². The van der Waals surface area contributed by atoms with E-state index in [1.54, 1.807) is 0 Å². The Kier molecular flexibility index (Phi) is 3.46. The second-order valence-electron chi connectivity index (χ2n) is 5.60. The van der Waals surface area contributed by atoms with Crippen molar-refractivity contribution in [3.8, 4) is 5.75 Å². The largest absolute Gasteiger partial charge is 0.493 e. The number of carbonyl (C=O) groups excluding carboxylic acids is 1. The van der Waals surface area contributed by atoms with Gasteiger partial charge < -0.3 is 14.6 Å². The summed E-state index contributed by atoms with van der Waals surface area (Å²) in [7, 11) is 0. The van der Waals surface area contributed by atoms with Crippen molar-refractivity contribution in [1.29, 1.82) is 0 Å². The van der Waals surface area contributed by atoms with Crippen molar-refractivity contribution in [2.45, 2.75) is 18.9 Å². The summed E-state index contributed by atoms with van der Waals surface area (Å²) >= 11 is 0. The number of hydrogen-bond donors (Lipinski definition) is 1. The molecule has 2 heterocycles. The lowest BCUT2D eigenvalue weighted by molar-refractivity contribution is -0.121. The van der Waals surface area contributed by atoms with E-state index in [1.807, 2.05) is 48.5 Å². The van der Waals surface area contributed by atoms with Crippen molar-refractivity contribution in [1.82, 2.24) is 10.5 Å². The zero-order valence-electron chi connectivity index (χ0n) is 12.5. The van der Waals surface area contributed by atoms with Crippen LogP contribution < -0.4 is 10.1 Å². The minimum absolute atomic E-state index is 0.0226. The van der Waals surface area contributed by atoms with Crippen molar-refractivity contribution in [2.75, 3.05) is 6.61 Å². The van der Waals surface area contributed by atoms with Gasteiger partial charge in [0, 0.05) is 17.4 Å². The lowest BCUT2D eigenvalue weighted by Crippen LogP contribution is -2.33. The third kappa shape index (κ3) is 2.65. The zero-order valence-corrected chi connectivity index (χ0v) is 12.5. The molecule has 4 rings (SSSR count). The van der Waals surface area contributed by atoms with Crippen molar-refractivity contribution < 1.29 is 14.1 Å². The molecule has 0 saturated carbocycles. The van der Waals surface area contributed by atoms with Crippen molar-refractivity contribution in [2.24, 2.45) is 0 Å². The second kappa shape index (κ2) is 5.76. The van der Waals surface area contributed by atoms with Crippen LogP contribution in [0.4, 0.5) is 0 Å². The summed E-state index contributed by atoms with van der Waals surface area (Å²) in [6.45, 7) is 0.606. The first kappa shape index (κ1) is 13.8. The van der Waals surface area contributed by atoms with Crippen LogP contribution in [0.5, 0.6) is 5.75 Å². The number of benzene rings is 2. The van der Waals surface area contributed by atoms with Gasteiger partial charge in [0.25, 0.3) is 0 Å². The van der Waals surface area contributed by atoms with E-state index in [2.05, 4.69) is 10.5 Å². The van der Waals surface area contributed by atoms with Crippen molar-refractivity contribution in [3.63, 3.8) is 0 Å². The van der Waals surface area contributed by atoms with E-state index in [0.717, 1.165) is 23.1 Å². The Labute approximate surface area is 133 Å². The highest BCUT2D eigenvalue weighted by Gasteiger charge is 2.23. The summed E-state index contributed by atoms with van der Waals surface area (Å²) in [5.74, 6) is 0.779. The van der Waals surface area contributed by atoms with Gasteiger partial charge in [0.15, 0.2) is 5.58 Å². The standard InChI is InChI=1S/C18H16N2O3/c21-18(11-15-13-6-2-4-8-17(13)23-20-15)19-14-9-10-22-16-7-3-1-5-12(14)16/h1-8,14H,9-11H2,(H,19,21)/t14-/m0/s1. The van der Waals surface area contributed by atoms with Gasteiger partial charge in [-0.25, -0.2) is 0 Å². The van der Waals surface area contributed by atoms with E-state index in [4.69, 9.17) is 9.26 Å². The topological polar surface area (TPSA) is 64.4 Å². The Hall–Kier alpha value is -2.82. The van der Waals surface area contributed by atoms with Crippen molar-refractivity contribution in [3.05, 3.63) is 59.8 Å². The van der Waals surface area contributed by atoms with Crippen LogP contribution in [0.25, 0.3) is 11.0 Å². The van der Waals surface area contributed by atoms with Gasteiger partial charge in [-0.3, -0.25) is 4.79 Å². The fraction of sp³-hybridized carbons (Fsp3) is 0.222. The summed E-state index contributed by atoms with van der Waals surface area (Å²) in [6.07, 6.45) is 0.971. The predicted molar refractivity (Wildman–Crippen MR) is 85.2 cm³/mol. The smallest absolute Gasteiger partial charge is 0.226 e. The maximum absolute atomic E-state index is 12.4. The molecule has 2 aromatic carbocycles. The van der Waals surface area contributed by atoms with Gasteiger partial charge in [-0.05, 0) is 18.2 Å². The fourth-order valence-corrected chi connectivity index (χ4v) is 2.96. The Morgan fingerprint density at radius 3 is 2.96 bits per heavy atom. The number of aromatic nitrogens is 1. The highest BCUT2D eigenvalue weighted by Crippen LogP contribution is 2.31. The Balaban J connectivity index is 1.51. The first-order valence-corrected chi connectivity index (χ1v) is 7.65. The molecule has 0 saturated heterocycles. The molecule has 23 heavy (non-hydrogen) atoms. The molecule has 0 fully saturated rings. The van der Waals surface area contributed by atoms with Crippen LogP contribution in [-0.4, -0.2) is 17.7 Å². The molecule has 1 N–H and O–H groups in total. The van der Waals surface area contributed by atoms with E-state index >= 15 is 0 Å². The first-order valence-electron chi connectivity index (χ1n) is 7.65. The molecule has 0 unspecified atom stereocenters. The van der Waals surface area contributed by atoms with Crippen LogP contribution in [-0.2, 0) is 11.2 Å². The minimum atomic E-state index is -0.0641. The molecule has 3 aromatic rings. The van der Waals surface area contributed by atoms with Gasteiger partial charge in [0.1, 0.15) is 11.4 Å². The molecule has 5 nitrogen and oxygen atoms in total. The first-order chi connectivity index (χ1) is 11.3. The van der Waals surface area contributed by atoms with Crippen LogP contribution in [0, 0.1) is 0 Å². The molecule has 116 valence electrons. The number of amides is 1. The average Bonchev–Trinajstić information content (AvgIpc) is 2.98. The third-order valence-corrected chi connectivity index (χ3v) is 4.07. The van der Waals surface area contributed by atoms with Crippen LogP contribution in [0.3, 0.4) is 0 Å². The summed E-state index contributed by atoms with van der Waals surface area (Å²) in [5, 5.41) is 7.97. The zero-order chi connectivity index (χ0) is 15.6. The third-order valence-electron chi connectivity index (χ3n) is 4.07. The lowest BCUT2D eigenvalue weighted by Gasteiger charge is -2.26. The predicted octanol–water partition coefficient (Wildman–Crippen LogP) is 3.01. The molecule has 1 atom stereocenters. The van der Waals surface area contributed by atoms with E-state index in [0.29, 0.717) is 17.9 Å². The number of para-hydroxylation sites is 2. The fourth-order valence-electron chi connectivity index (χ4n) is 2.96. The number of hydrogen-bond acceptors (Lipinski definition) is 4. The summed E-state index contributed by atoms with van der Waals surface area (Å²) < 4.78 is 10.9. The molecule has 1 amide bonds. The molecule has 0 spiro atoms. The lowest BCUT2D eigenvalue weighted by atomic mass is 10.0. The van der Waals surface area contributed by atoms with Crippen LogP contribution >= 0.6 is 0 Å². The monoisotopic (exact) mass is 308 g/mol. The number of rotatable bonds is 3. The van der Waals surface area contributed by atoms with E-state index in [9.17, 15) is 4.79 Å². The Bertz CT molecular complexity index is 856. The Morgan fingerprint density at radius 1 is 1.17 bits per heavy atom. The van der Waals surface area contributed by atoms with Gasteiger partial charge in [-0.2, -0.15) is 0 Å². The maximum Gasteiger partial charge on any atom is 0.226 e. The minimum Gasteiger partial charge on any atom is -0.493 e. The molecule has 0 bridgehead atoms. The molecular weight excluding hydrogens is 292 g/mol. The number of carbonyl (C=O) groups is 1. The molecular formula is C18H16N2O3. The van der Waals surface area contributed by atoms with Crippen molar-refractivity contribution >= 4 is 16.9 Å². The van der Waals surface area contributed by atoms with Gasteiger partial charge in [0.2, 0.25) is 5.91 Å². The highest BCUT2D eigenvalue weighted by molar-refractivity contribution is 5.86. The SMILES string of the molecule is O=C(Cc1noc2ccccc12)N[C@H]1CCOc2ccccc21. The van der Waals surface area contributed by atoms with Crippen LogP contribution in [0.15, 0.2) is 53.1 Å². The van der Waals surface area contributed by atoms with Gasteiger partial charge in [-0.15, -0.1) is 0 Å². The molecule has 5 heteroatoms. The van der Waals surface area contributed by atoms with Gasteiger partial charge >= 0.3 is 0 Å². The van der Waals surface area contributed by atoms with Gasteiger partial charge in [0.05, 0.1) is 19.1 Å². The highest BCUT2D eigenvalue weighted by atomic mass is 16.5. The number of fused-ring (bicyclic) bond motifs is 2. The van der Waals surface area contributed by atoms with E-state index in [1.165, 1.54) is 0 Å². The molecule has 1 aliphatic heterocycles. The van der Waals surface area contributed by atoms with Crippen LogP contribution in [0.2, 0.25) is 0 Å². The summed E-state index contributed by atoms with van der Waals surface area (Å²) in [6, 6.07) is 15.3. The molecule has 0 aliphatic carbocycles. The number of nitrogens with one attached hydrogen (secondary N) is 1. The van der Waals surface area contributed by atoms with Gasteiger partial charge in [-0.1, -0.05) is 35.5 Å². The second-order valence-corrected chi connectivity index (χ2v) is 5.60. The number of nitrogens with zero attached hydrogens (tertiary/aromatic N) is 1. The summed E-state index contributed by atoms with van der Waals surface area (Å²) in [4.78, 5) is 12.4. The summed E-state index contributed by atoms with van der Waals surface area (Å²) in [5.41, 5.74) is 2.39. The Morgan fingerprint density at radius 2 is 2.00 bits per heavy atom. The molecule has 1 aliphatic rings. The number of ether oxygens (including phenoxy) is 1. The molecule has 1 aromatic heterocycles. The van der Waals surface area contributed by atoms with E-state index in [-0.39, 0.29) is 18.4 Å². The maximum atomic E-state index is 12.4. The average molecular weight is 308 g/mol.